The summed E-state index contributed by atoms with van der Waals surface area (Å²) in [4.78, 5) is 12.3. The molecule has 4 heteroatoms. The fourth-order valence-electron chi connectivity index (χ4n) is 1.62. The molecule has 18 heavy (non-hydrogen) atoms. The summed E-state index contributed by atoms with van der Waals surface area (Å²) in [5, 5.41) is 0. The number of methoxy groups -OCH3 is 1. The van der Waals surface area contributed by atoms with Crippen LogP contribution in [0.4, 0.5) is 0 Å². The summed E-state index contributed by atoms with van der Waals surface area (Å²) in [6, 6.07) is 7.39. The van der Waals surface area contributed by atoms with E-state index in [1.807, 2.05) is 37.4 Å². The number of rotatable bonds is 8. The van der Waals surface area contributed by atoms with Crippen LogP contribution >= 0.6 is 11.8 Å². The van der Waals surface area contributed by atoms with Gasteiger partial charge in [0.15, 0.2) is 5.78 Å². The highest BCUT2D eigenvalue weighted by molar-refractivity contribution is 7.98. The third-order valence-electron chi connectivity index (χ3n) is 2.56. The van der Waals surface area contributed by atoms with E-state index < -0.39 is 0 Å². The lowest BCUT2D eigenvalue weighted by atomic mass is 10.0. The van der Waals surface area contributed by atoms with Crippen LogP contribution in [0.2, 0.25) is 0 Å². The zero-order valence-corrected chi connectivity index (χ0v) is 12.0. The van der Waals surface area contributed by atoms with Gasteiger partial charge in [-0.05, 0) is 18.4 Å². The van der Waals surface area contributed by atoms with E-state index in [1.54, 1.807) is 18.9 Å². The molecule has 0 heterocycles. The van der Waals surface area contributed by atoms with Crippen molar-refractivity contribution < 1.29 is 14.3 Å². The number of hydrogen-bond donors (Lipinski definition) is 0. The number of para-hydroxylation sites is 1. The third-order valence-corrected chi connectivity index (χ3v) is 3.40. The highest BCUT2D eigenvalue weighted by atomic mass is 32.2. The molecule has 0 aromatic heterocycles. The van der Waals surface area contributed by atoms with Crippen LogP contribution in [0.5, 0.6) is 5.75 Å². The van der Waals surface area contributed by atoms with Gasteiger partial charge in [0, 0.05) is 18.8 Å². The molecule has 0 N–H and O–H groups in total. The van der Waals surface area contributed by atoms with E-state index in [0.29, 0.717) is 24.5 Å². The average molecular weight is 268 g/mol. The molecule has 1 aromatic carbocycles. The second-order valence-electron chi connectivity index (χ2n) is 4.06. The first-order valence-electron chi connectivity index (χ1n) is 5.94. The minimum atomic E-state index is 0.00664. The second kappa shape index (κ2) is 8.16. The molecule has 0 amide bonds. The van der Waals surface area contributed by atoms with Crippen molar-refractivity contribution in [2.24, 2.45) is 5.92 Å². The average Bonchev–Trinajstić information content (AvgIpc) is 2.39. The van der Waals surface area contributed by atoms with Gasteiger partial charge in [0.1, 0.15) is 12.4 Å². The van der Waals surface area contributed by atoms with Gasteiger partial charge in [0.2, 0.25) is 0 Å². The molecule has 0 aliphatic heterocycles. The molecule has 1 unspecified atom stereocenters. The van der Waals surface area contributed by atoms with Crippen LogP contribution in [0.15, 0.2) is 24.3 Å². The minimum absolute atomic E-state index is 0.00664. The Labute approximate surface area is 113 Å². The molecule has 1 rings (SSSR count). The van der Waals surface area contributed by atoms with Crippen molar-refractivity contribution in [3.05, 3.63) is 29.8 Å². The van der Waals surface area contributed by atoms with Gasteiger partial charge >= 0.3 is 0 Å². The molecule has 0 bridgehead atoms. The largest absolute Gasteiger partial charge is 0.490 e. The summed E-state index contributed by atoms with van der Waals surface area (Å²) >= 11 is 1.68. The number of ether oxygens (including phenoxy) is 2. The monoisotopic (exact) mass is 268 g/mol. The number of hydrogen-bond acceptors (Lipinski definition) is 4. The smallest absolute Gasteiger partial charge is 0.170 e. The predicted molar refractivity (Wildman–Crippen MR) is 75.7 cm³/mol. The zero-order valence-electron chi connectivity index (χ0n) is 11.1. The lowest BCUT2D eigenvalue weighted by Gasteiger charge is -2.13. The van der Waals surface area contributed by atoms with Crippen LogP contribution in [0.3, 0.4) is 0 Å². The van der Waals surface area contributed by atoms with Gasteiger partial charge in [-0.3, -0.25) is 4.79 Å². The Morgan fingerprint density at radius 1 is 1.33 bits per heavy atom. The first-order chi connectivity index (χ1) is 8.70. The fourth-order valence-corrected chi connectivity index (χ4v) is 2.27. The van der Waals surface area contributed by atoms with Gasteiger partial charge in [0.25, 0.3) is 0 Å². The quantitative estimate of drug-likeness (QED) is 0.536. The highest BCUT2D eigenvalue weighted by Crippen LogP contribution is 2.22. The topological polar surface area (TPSA) is 35.5 Å². The van der Waals surface area contributed by atoms with Gasteiger partial charge in [-0.2, -0.15) is 11.8 Å². The SMILES string of the molecule is COCCOc1ccccc1C(=O)C(C)CSC. The van der Waals surface area contributed by atoms with Gasteiger partial charge in [0.05, 0.1) is 12.2 Å². The number of benzene rings is 1. The van der Waals surface area contributed by atoms with Crippen molar-refractivity contribution >= 4 is 17.5 Å². The number of Topliss-reactive ketones (excluding diaryl/α,β-unsaturated/α-hetero) is 1. The highest BCUT2D eigenvalue weighted by Gasteiger charge is 2.18. The number of carbonyl (C=O) groups is 1. The molecule has 0 aliphatic rings. The van der Waals surface area contributed by atoms with Crippen LogP contribution < -0.4 is 4.74 Å². The third kappa shape index (κ3) is 4.35. The summed E-state index contributed by atoms with van der Waals surface area (Å²) in [6.45, 7) is 2.92. The second-order valence-corrected chi connectivity index (χ2v) is 4.97. The lowest BCUT2D eigenvalue weighted by molar-refractivity contribution is 0.0934. The molecular formula is C14H20O3S. The van der Waals surface area contributed by atoms with E-state index in [1.165, 1.54) is 0 Å². The van der Waals surface area contributed by atoms with Crippen LogP contribution in [0, 0.1) is 5.92 Å². The van der Waals surface area contributed by atoms with Crippen molar-refractivity contribution in [1.82, 2.24) is 0 Å². The van der Waals surface area contributed by atoms with Crippen molar-refractivity contribution in [2.75, 3.05) is 32.3 Å². The Bertz CT molecular complexity index is 379. The molecule has 0 saturated heterocycles. The van der Waals surface area contributed by atoms with Crippen LogP contribution in [0.25, 0.3) is 0 Å². The van der Waals surface area contributed by atoms with Gasteiger partial charge in [-0.1, -0.05) is 19.1 Å². The number of ketones is 1. The molecule has 0 saturated carbocycles. The van der Waals surface area contributed by atoms with E-state index in [2.05, 4.69) is 0 Å². The summed E-state index contributed by atoms with van der Waals surface area (Å²) in [5.41, 5.74) is 0.662. The maximum Gasteiger partial charge on any atom is 0.170 e. The lowest BCUT2D eigenvalue weighted by Crippen LogP contribution is -2.16. The normalized spacial score (nSPS) is 12.2. The van der Waals surface area contributed by atoms with E-state index >= 15 is 0 Å². The molecule has 0 aliphatic carbocycles. The van der Waals surface area contributed by atoms with Crippen LogP contribution in [-0.2, 0) is 4.74 Å². The van der Waals surface area contributed by atoms with Crippen molar-refractivity contribution in [1.29, 1.82) is 0 Å². The van der Waals surface area contributed by atoms with E-state index in [4.69, 9.17) is 9.47 Å². The van der Waals surface area contributed by atoms with Gasteiger partial charge in [-0.15, -0.1) is 0 Å². The Morgan fingerprint density at radius 3 is 2.72 bits per heavy atom. The molecule has 1 atom stereocenters. The summed E-state index contributed by atoms with van der Waals surface area (Å²) in [5.74, 6) is 1.61. The maximum absolute atomic E-state index is 12.3. The first kappa shape index (κ1) is 15.1. The molecule has 0 radical (unpaired) electrons. The Morgan fingerprint density at radius 2 is 2.06 bits per heavy atom. The zero-order chi connectivity index (χ0) is 13.4. The van der Waals surface area contributed by atoms with Gasteiger partial charge < -0.3 is 9.47 Å². The summed E-state index contributed by atoms with van der Waals surface area (Å²) in [6.07, 6.45) is 2.00. The maximum atomic E-state index is 12.3. The number of carbonyl (C=O) groups excluding carboxylic acids is 1. The van der Waals surface area contributed by atoms with E-state index in [0.717, 1.165) is 5.75 Å². The predicted octanol–water partition coefficient (Wildman–Crippen LogP) is 2.89. The van der Waals surface area contributed by atoms with E-state index in [9.17, 15) is 4.79 Å². The van der Waals surface area contributed by atoms with Crippen LogP contribution in [-0.4, -0.2) is 38.1 Å². The van der Waals surface area contributed by atoms with E-state index in [-0.39, 0.29) is 11.7 Å². The minimum Gasteiger partial charge on any atom is -0.490 e. The Hall–Kier alpha value is -1.000. The number of thioether (sulfide) groups is 1. The van der Waals surface area contributed by atoms with Crippen molar-refractivity contribution in [3.8, 4) is 5.75 Å². The molecule has 1 aromatic rings. The molecular weight excluding hydrogens is 248 g/mol. The molecule has 0 spiro atoms. The summed E-state index contributed by atoms with van der Waals surface area (Å²) in [7, 11) is 1.63. The van der Waals surface area contributed by atoms with Gasteiger partial charge in [-0.25, -0.2) is 0 Å². The first-order valence-corrected chi connectivity index (χ1v) is 7.34. The molecule has 3 nitrogen and oxygen atoms in total. The Balaban J connectivity index is 2.77. The van der Waals surface area contributed by atoms with Crippen molar-refractivity contribution in [2.45, 2.75) is 6.92 Å². The molecule has 0 fully saturated rings. The molecule has 100 valence electrons. The standard InChI is InChI=1S/C14H20O3S/c1-11(10-18-3)14(15)12-6-4-5-7-13(12)17-9-8-16-2/h4-7,11H,8-10H2,1-3H3. The fraction of sp³-hybridized carbons (Fsp3) is 0.500. The van der Waals surface area contributed by atoms with Crippen LogP contribution in [0.1, 0.15) is 17.3 Å². The summed E-state index contributed by atoms with van der Waals surface area (Å²) < 4.78 is 10.5. The Kier molecular flexibility index (Phi) is 6.83. The van der Waals surface area contributed by atoms with Crippen molar-refractivity contribution in [3.63, 3.8) is 0 Å².